The van der Waals surface area contributed by atoms with E-state index in [4.69, 9.17) is 4.74 Å². The summed E-state index contributed by atoms with van der Waals surface area (Å²) in [6.45, 7) is 5.92. The number of methoxy groups -OCH3 is 1. The Bertz CT molecular complexity index is 821. The molecule has 0 atom stereocenters. The number of aliphatic imine (C=N–C) groups is 1. The van der Waals surface area contributed by atoms with Gasteiger partial charge in [-0.1, -0.05) is 12.1 Å². The minimum atomic E-state index is -4.35. The number of hydrogen-bond donors (Lipinski definition) is 2. The van der Waals surface area contributed by atoms with E-state index in [1.54, 1.807) is 20.2 Å². The van der Waals surface area contributed by atoms with Crippen molar-refractivity contribution in [1.29, 1.82) is 0 Å². The SMILES string of the molecule is CN=C(NCc1cccc(C(F)(F)F)c1)NCc1c(C)nn(CCOC)c1C.I. The maximum Gasteiger partial charge on any atom is 0.416 e. The Kier molecular flexibility index (Phi) is 9.90. The molecular formula is C19H27F3IN5O. The predicted molar refractivity (Wildman–Crippen MR) is 117 cm³/mol. The van der Waals surface area contributed by atoms with Crippen LogP contribution < -0.4 is 10.6 Å². The first-order chi connectivity index (χ1) is 13.3. The Labute approximate surface area is 185 Å². The van der Waals surface area contributed by atoms with Crippen LogP contribution in [0.5, 0.6) is 0 Å². The maximum absolute atomic E-state index is 12.8. The highest BCUT2D eigenvalue weighted by Crippen LogP contribution is 2.29. The number of aryl methyl sites for hydroxylation is 1. The van der Waals surface area contributed by atoms with Gasteiger partial charge < -0.3 is 15.4 Å². The lowest BCUT2D eigenvalue weighted by molar-refractivity contribution is -0.137. The maximum atomic E-state index is 12.8. The molecule has 0 spiro atoms. The quantitative estimate of drug-likeness (QED) is 0.329. The number of nitrogens with one attached hydrogen (secondary N) is 2. The highest BCUT2D eigenvalue weighted by molar-refractivity contribution is 14.0. The van der Waals surface area contributed by atoms with Crippen molar-refractivity contribution in [3.05, 3.63) is 52.3 Å². The van der Waals surface area contributed by atoms with E-state index in [1.807, 2.05) is 18.5 Å². The van der Waals surface area contributed by atoms with Gasteiger partial charge in [0.1, 0.15) is 0 Å². The predicted octanol–water partition coefficient (Wildman–Crippen LogP) is 3.65. The minimum Gasteiger partial charge on any atom is -0.383 e. The van der Waals surface area contributed by atoms with Gasteiger partial charge in [-0.15, -0.1) is 24.0 Å². The van der Waals surface area contributed by atoms with Gasteiger partial charge in [-0.3, -0.25) is 9.67 Å². The van der Waals surface area contributed by atoms with Crippen molar-refractivity contribution >= 4 is 29.9 Å². The summed E-state index contributed by atoms with van der Waals surface area (Å²) in [5.41, 5.74) is 2.87. The Morgan fingerprint density at radius 2 is 1.90 bits per heavy atom. The van der Waals surface area contributed by atoms with Crippen LogP contribution in [-0.2, 0) is 30.5 Å². The molecule has 0 amide bonds. The summed E-state index contributed by atoms with van der Waals surface area (Å²) in [5, 5.41) is 10.7. The fraction of sp³-hybridized carbons (Fsp3) is 0.474. The fourth-order valence-electron chi connectivity index (χ4n) is 2.82. The van der Waals surface area contributed by atoms with Gasteiger partial charge in [0, 0.05) is 38.5 Å². The van der Waals surface area contributed by atoms with Crippen molar-refractivity contribution in [2.45, 2.75) is 39.7 Å². The molecule has 0 aliphatic rings. The van der Waals surface area contributed by atoms with E-state index in [-0.39, 0.29) is 30.5 Å². The summed E-state index contributed by atoms with van der Waals surface area (Å²) in [6.07, 6.45) is -4.35. The molecule has 1 aromatic heterocycles. The monoisotopic (exact) mass is 525 g/mol. The standard InChI is InChI=1S/C19H26F3N5O.HI/c1-13-17(14(2)27(26-13)8-9-28-4)12-25-18(23-3)24-11-15-6-5-7-16(10-15)19(20,21)22;/h5-7,10H,8-9,11-12H2,1-4H3,(H2,23,24,25);1H. The largest absolute Gasteiger partial charge is 0.416 e. The van der Waals surface area contributed by atoms with Crippen LogP contribution in [0.25, 0.3) is 0 Å². The van der Waals surface area contributed by atoms with Gasteiger partial charge in [-0.2, -0.15) is 18.3 Å². The molecule has 1 heterocycles. The van der Waals surface area contributed by atoms with Crippen molar-refractivity contribution in [2.75, 3.05) is 20.8 Å². The van der Waals surface area contributed by atoms with Gasteiger partial charge >= 0.3 is 6.18 Å². The smallest absolute Gasteiger partial charge is 0.383 e. The Morgan fingerprint density at radius 3 is 2.52 bits per heavy atom. The average Bonchev–Trinajstić information content (AvgIpc) is 2.93. The summed E-state index contributed by atoms with van der Waals surface area (Å²) < 4.78 is 45.5. The first-order valence-electron chi connectivity index (χ1n) is 8.88. The molecule has 0 saturated heterocycles. The van der Waals surface area contributed by atoms with Crippen molar-refractivity contribution in [3.63, 3.8) is 0 Å². The third kappa shape index (κ3) is 7.18. The van der Waals surface area contributed by atoms with Gasteiger partial charge in [0.25, 0.3) is 0 Å². The number of alkyl halides is 3. The van der Waals surface area contributed by atoms with Gasteiger partial charge in [-0.05, 0) is 31.5 Å². The second-order valence-electron chi connectivity index (χ2n) is 6.34. The Hall–Kier alpha value is -1.82. The third-order valence-electron chi connectivity index (χ3n) is 4.41. The molecule has 0 radical (unpaired) electrons. The highest BCUT2D eigenvalue weighted by atomic mass is 127. The zero-order valence-electron chi connectivity index (χ0n) is 16.9. The molecule has 0 aliphatic heterocycles. The lowest BCUT2D eigenvalue weighted by Gasteiger charge is -2.13. The molecule has 162 valence electrons. The number of nitrogens with zero attached hydrogens (tertiary/aromatic N) is 3. The van der Waals surface area contributed by atoms with Crippen molar-refractivity contribution < 1.29 is 17.9 Å². The van der Waals surface area contributed by atoms with Crippen LogP contribution in [-0.4, -0.2) is 36.5 Å². The van der Waals surface area contributed by atoms with E-state index in [2.05, 4.69) is 20.7 Å². The van der Waals surface area contributed by atoms with Crippen LogP contribution in [0.2, 0.25) is 0 Å². The molecule has 0 fully saturated rings. The van der Waals surface area contributed by atoms with Crippen molar-refractivity contribution in [2.24, 2.45) is 4.99 Å². The highest BCUT2D eigenvalue weighted by Gasteiger charge is 2.30. The molecule has 2 aromatic rings. The van der Waals surface area contributed by atoms with Gasteiger partial charge in [0.15, 0.2) is 5.96 Å². The zero-order valence-corrected chi connectivity index (χ0v) is 19.3. The zero-order chi connectivity index (χ0) is 20.7. The molecule has 2 rings (SSSR count). The topological polar surface area (TPSA) is 63.5 Å². The van der Waals surface area contributed by atoms with Crippen LogP contribution in [0.3, 0.4) is 0 Å². The van der Waals surface area contributed by atoms with E-state index in [0.717, 1.165) is 29.1 Å². The molecule has 1 aromatic carbocycles. The lowest BCUT2D eigenvalue weighted by atomic mass is 10.1. The van der Waals surface area contributed by atoms with E-state index >= 15 is 0 Å². The molecule has 6 nitrogen and oxygen atoms in total. The summed E-state index contributed by atoms with van der Waals surface area (Å²) in [4.78, 5) is 4.13. The number of rotatable bonds is 7. The van der Waals surface area contributed by atoms with E-state index in [0.29, 0.717) is 31.2 Å². The van der Waals surface area contributed by atoms with Gasteiger partial charge in [0.2, 0.25) is 0 Å². The number of aromatic nitrogens is 2. The number of guanidine groups is 1. The molecule has 0 aliphatic carbocycles. The fourth-order valence-corrected chi connectivity index (χ4v) is 2.82. The van der Waals surface area contributed by atoms with Crippen LogP contribution in [0.1, 0.15) is 28.1 Å². The van der Waals surface area contributed by atoms with Crippen molar-refractivity contribution in [1.82, 2.24) is 20.4 Å². The number of ether oxygens (including phenoxy) is 1. The van der Waals surface area contributed by atoms with Crippen LogP contribution >= 0.6 is 24.0 Å². The van der Waals surface area contributed by atoms with Gasteiger partial charge in [0.05, 0.1) is 24.4 Å². The number of halogens is 4. The molecule has 0 saturated carbocycles. The first-order valence-corrected chi connectivity index (χ1v) is 8.88. The summed E-state index contributed by atoms with van der Waals surface area (Å²) in [7, 11) is 3.26. The van der Waals surface area contributed by atoms with E-state index < -0.39 is 11.7 Å². The summed E-state index contributed by atoms with van der Waals surface area (Å²) in [6, 6.07) is 5.23. The lowest BCUT2D eigenvalue weighted by Crippen LogP contribution is -2.36. The Morgan fingerprint density at radius 1 is 1.21 bits per heavy atom. The molecule has 0 bridgehead atoms. The third-order valence-corrected chi connectivity index (χ3v) is 4.41. The average molecular weight is 525 g/mol. The summed E-state index contributed by atoms with van der Waals surface area (Å²) in [5.74, 6) is 0.501. The minimum absolute atomic E-state index is 0. The van der Waals surface area contributed by atoms with Crippen molar-refractivity contribution in [3.8, 4) is 0 Å². The second-order valence-corrected chi connectivity index (χ2v) is 6.34. The first kappa shape index (κ1) is 25.2. The normalized spacial score (nSPS) is 11.9. The molecular weight excluding hydrogens is 498 g/mol. The molecule has 2 N–H and O–H groups in total. The molecule has 29 heavy (non-hydrogen) atoms. The van der Waals surface area contributed by atoms with Crippen LogP contribution in [0.15, 0.2) is 29.3 Å². The number of hydrogen-bond acceptors (Lipinski definition) is 3. The molecule has 10 heteroatoms. The Balaban J connectivity index is 0.00000420. The van der Waals surface area contributed by atoms with Crippen LogP contribution in [0, 0.1) is 13.8 Å². The number of benzene rings is 1. The van der Waals surface area contributed by atoms with E-state index in [9.17, 15) is 13.2 Å². The molecule has 0 unspecified atom stereocenters. The second kappa shape index (κ2) is 11.4. The van der Waals surface area contributed by atoms with Gasteiger partial charge in [-0.25, -0.2) is 0 Å². The summed E-state index contributed by atoms with van der Waals surface area (Å²) >= 11 is 0. The van der Waals surface area contributed by atoms with Crippen LogP contribution in [0.4, 0.5) is 13.2 Å². The van der Waals surface area contributed by atoms with E-state index in [1.165, 1.54) is 6.07 Å².